The molecule has 0 spiro atoms. The van der Waals surface area contributed by atoms with Crippen molar-refractivity contribution in [3.05, 3.63) is 72.1 Å². The van der Waals surface area contributed by atoms with Crippen molar-refractivity contribution in [2.24, 2.45) is 4.99 Å². The summed E-state index contributed by atoms with van der Waals surface area (Å²) in [5.41, 5.74) is 6.04. The monoisotopic (exact) mass is 312 g/mol. The van der Waals surface area contributed by atoms with Gasteiger partial charge in [0, 0.05) is 28.8 Å². The molecule has 2 aromatic heterocycles. The molecule has 1 aliphatic heterocycles. The van der Waals surface area contributed by atoms with Gasteiger partial charge >= 0.3 is 0 Å². The maximum atomic E-state index is 4.87. The van der Waals surface area contributed by atoms with E-state index in [4.69, 9.17) is 4.99 Å². The number of fused-ring (bicyclic) bond motifs is 4. The van der Waals surface area contributed by atoms with Crippen molar-refractivity contribution in [3.8, 4) is 0 Å². The van der Waals surface area contributed by atoms with Crippen LogP contribution in [0.15, 0.2) is 65.9 Å². The molecule has 1 aliphatic rings. The zero-order valence-electron chi connectivity index (χ0n) is 13.6. The molecular formula is C20H16N4. The molecule has 3 heterocycles. The van der Waals surface area contributed by atoms with Crippen molar-refractivity contribution in [2.75, 3.05) is 0 Å². The standard InChI is InChI=1S/C20H16N4/c1-20(2)15-8-4-6-10-17(15)22-18(20)13-11-21-19-14-7-3-5-9-16(14)23-24(19)12-13/h3-12H,1-2H3. The molecule has 0 aliphatic carbocycles. The van der Waals surface area contributed by atoms with Crippen molar-refractivity contribution < 1.29 is 0 Å². The van der Waals surface area contributed by atoms with E-state index in [1.54, 1.807) is 0 Å². The van der Waals surface area contributed by atoms with Crippen molar-refractivity contribution >= 4 is 27.9 Å². The Morgan fingerprint density at radius 2 is 1.75 bits per heavy atom. The molecule has 0 unspecified atom stereocenters. The van der Waals surface area contributed by atoms with E-state index in [1.807, 2.05) is 41.2 Å². The Balaban J connectivity index is 1.72. The second-order valence-corrected chi connectivity index (χ2v) is 6.73. The molecule has 0 radical (unpaired) electrons. The first-order valence-electron chi connectivity index (χ1n) is 8.07. The molecule has 0 saturated heterocycles. The Kier molecular flexibility index (Phi) is 2.52. The van der Waals surface area contributed by atoms with Gasteiger partial charge in [0.15, 0.2) is 5.65 Å². The van der Waals surface area contributed by atoms with Crippen LogP contribution in [-0.2, 0) is 5.41 Å². The largest absolute Gasteiger partial charge is 0.251 e. The van der Waals surface area contributed by atoms with Gasteiger partial charge in [-0.3, -0.25) is 4.99 Å². The zero-order valence-corrected chi connectivity index (χ0v) is 13.6. The van der Waals surface area contributed by atoms with Gasteiger partial charge in [0.05, 0.1) is 16.9 Å². The molecule has 0 fully saturated rings. The van der Waals surface area contributed by atoms with E-state index in [0.717, 1.165) is 33.5 Å². The second-order valence-electron chi connectivity index (χ2n) is 6.73. The Hall–Kier alpha value is -3.01. The number of aromatic nitrogens is 3. The highest BCUT2D eigenvalue weighted by molar-refractivity contribution is 6.12. The number of hydrogen-bond acceptors (Lipinski definition) is 3. The van der Waals surface area contributed by atoms with E-state index in [0.29, 0.717) is 0 Å². The summed E-state index contributed by atoms with van der Waals surface area (Å²) in [5, 5.41) is 5.71. The predicted octanol–water partition coefficient (Wildman–Crippen LogP) is 4.29. The quantitative estimate of drug-likeness (QED) is 0.526. The SMILES string of the molecule is CC1(C)C(c2cnc3c4ccccc4nn3c2)=Nc2ccccc21. The second kappa shape index (κ2) is 4.51. The maximum absolute atomic E-state index is 4.87. The lowest BCUT2D eigenvalue weighted by molar-refractivity contribution is 0.736. The zero-order chi connectivity index (χ0) is 16.3. The highest BCUT2D eigenvalue weighted by Gasteiger charge is 2.35. The molecule has 4 heteroatoms. The minimum atomic E-state index is -0.140. The highest BCUT2D eigenvalue weighted by Crippen LogP contribution is 2.41. The molecule has 0 saturated carbocycles. The predicted molar refractivity (Wildman–Crippen MR) is 96.2 cm³/mol. The van der Waals surface area contributed by atoms with Gasteiger partial charge in [-0.25, -0.2) is 9.50 Å². The van der Waals surface area contributed by atoms with Gasteiger partial charge in [-0.15, -0.1) is 0 Å². The minimum absolute atomic E-state index is 0.140. The topological polar surface area (TPSA) is 42.5 Å². The smallest absolute Gasteiger partial charge is 0.162 e. The third-order valence-corrected chi connectivity index (χ3v) is 4.84. The van der Waals surface area contributed by atoms with Crippen molar-refractivity contribution in [2.45, 2.75) is 19.3 Å². The summed E-state index contributed by atoms with van der Waals surface area (Å²) < 4.78 is 1.86. The number of hydrogen-bond donors (Lipinski definition) is 0. The number of para-hydroxylation sites is 1. The van der Waals surface area contributed by atoms with Gasteiger partial charge in [-0.1, -0.05) is 44.2 Å². The summed E-state index contributed by atoms with van der Waals surface area (Å²) in [7, 11) is 0. The van der Waals surface area contributed by atoms with Crippen LogP contribution in [0.3, 0.4) is 0 Å². The lowest BCUT2D eigenvalue weighted by Crippen LogP contribution is -2.26. The van der Waals surface area contributed by atoms with Crippen LogP contribution in [0.1, 0.15) is 25.0 Å². The molecule has 2 aromatic carbocycles. The Bertz CT molecular complexity index is 1130. The average molecular weight is 312 g/mol. The van der Waals surface area contributed by atoms with E-state index < -0.39 is 0 Å². The van der Waals surface area contributed by atoms with Crippen molar-refractivity contribution in [1.82, 2.24) is 14.6 Å². The fraction of sp³-hybridized carbons (Fsp3) is 0.150. The molecular weight excluding hydrogens is 296 g/mol. The van der Waals surface area contributed by atoms with E-state index >= 15 is 0 Å². The van der Waals surface area contributed by atoms with Crippen LogP contribution in [0.25, 0.3) is 16.6 Å². The first-order valence-corrected chi connectivity index (χ1v) is 8.07. The molecule has 4 nitrogen and oxygen atoms in total. The van der Waals surface area contributed by atoms with Crippen LogP contribution in [0.2, 0.25) is 0 Å². The summed E-state index contributed by atoms with van der Waals surface area (Å²) in [4.78, 5) is 9.53. The third-order valence-electron chi connectivity index (χ3n) is 4.84. The number of benzene rings is 2. The maximum Gasteiger partial charge on any atom is 0.162 e. The number of rotatable bonds is 1. The van der Waals surface area contributed by atoms with E-state index in [1.165, 1.54) is 5.56 Å². The first-order chi connectivity index (χ1) is 11.6. The van der Waals surface area contributed by atoms with Gasteiger partial charge in [0.1, 0.15) is 0 Å². The van der Waals surface area contributed by atoms with E-state index in [2.05, 4.69) is 48.2 Å². The highest BCUT2D eigenvalue weighted by atomic mass is 15.2. The molecule has 0 bridgehead atoms. The summed E-state index contributed by atoms with van der Waals surface area (Å²) in [6.07, 6.45) is 3.95. The van der Waals surface area contributed by atoms with Gasteiger partial charge in [0.25, 0.3) is 0 Å². The number of nitrogens with zero attached hydrogens (tertiary/aromatic N) is 4. The van der Waals surface area contributed by atoms with Crippen LogP contribution >= 0.6 is 0 Å². The third kappa shape index (κ3) is 1.71. The lowest BCUT2D eigenvalue weighted by atomic mass is 9.79. The lowest BCUT2D eigenvalue weighted by Gasteiger charge is -2.22. The van der Waals surface area contributed by atoms with Crippen molar-refractivity contribution in [3.63, 3.8) is 0 Å². The Morgan fingerprint density at radius 1 is 0.958 bits per heavy atom. The fourth-order valence-corrected chi connectivity index (χ4v) is 3.59. The molecule has 24 heavy (non-hydrogen) atoms. The van der Waals surface area contributed by atoms with E-state index in [-0.39, 0.29) is 5.41 Å². The molecule has 0 atom stereocenters. The Morgan fingerprint density at radius 3 is 2.62 bits per heavy atom. The molecule has 0 N–H and O–H groups in total. The van der Waals surface area contributed by atoms with Crippen LogP contribution in [0, 0.1) is 0 Å². The fourth-order valence-electron chi connectivity index (χ4n) is 3.59. The van der Waals surface area contributed by atoms with E-state index in [9.17, 15) is 0 Å². The molecule has 4 aromatic rings. The molecule has 116 valence electrons. The molecule has 0 amide bonds. The number of aliphatic imine (C=N–C) groups is 1. The van der Waals surface area contributed by atoms with Gasteiger partial charge in [-0.05, 0) is 23.8 Å². The Labute approximate surface area is 139 Å². The van der Waals surface area contributed by atoms with Gasteiger partial charge in [-0.2, -0.15) is 5.10 Å². The summed E-state index contributed by atoms with van der Waals surface area (Å²) in [6, 6.07) is 16.4. The normalized spacial score (nSPS) is 15.7. The summed E-state index contributed by atoms with van der Waals surface area (Å²) >= 11 is 0. The van der Waals surface area contributed by atoms with Crippen LogP contribution in [-0.4, -0.2) is 20.3 Å². The van der Waals surface area contributed by atoms with Crippen LogP contribution in [0.4, 0.5) is 5.69 Å². The van der Waals surface area contributed by atoms with Gasteiger partial charge < -0.3 is 0 Å². The summed E-state index contributed by atoms with van der Waals surface area (Å²) in [6.45, 7) is 4.42. The van der Waals surface area contributed by atoms with Crippen LogP contribution < -0.4 is 0 Å². The van der Waals surface area contributed by atoms with Crippen LogP contribution in [0.5, 0.6) is 0 Å². The molecule has 5 rings (SSSR count). The minimum Gasteiger partial charge on any atom is -0.251 e. The first kappa shape index (κ1) is 13.4. The summed E-state index contributed by atoms with van der Waals surface area (Å²) in [5.74, 6) is 0. The average Bonchev–Trinajstić information content (AvgIpc) is 3.09. The van der Waals surface area contributed by atoms with Crippen molar-refractivity contribution in [1.29, 1.82) is 0 Å². The van der Waals surface area contributed by atoms with Gasteiger partial charge in [0.2, 0.25) is 0 Å².